The van der Waals surface area contributed by atoms with E-state index < -0.39 is 5.91 Å². The van der Waals surface area contributed by atoms with Gasteiger partial charge in [0.15, 0.2) is 11.5 Å². The van der Waals surface area contributed by atoms with Gasteiger partial charge in [-0.3, -0.25) is 4.79 Å². The number of amides is 1. The molecule has 0 unspecified atom stereocenters. The highest BCUT2D eigenvalue weighted by Crippen LogP contribution is 2.38. The smallest absolute Gasteiger partial charge is 0.266 e. The number of para-hydroxylation sites is 1. The van der Waals surface area contributed by atoms with E-state index in [0.29, 0.717) is 33.8 Å². The SMILES string of the molecule is COc1cc(/C=C(/C#N)C(=O)Nc2c(C)cccc2C)cc(Br)c1OCc1ccc(Br)cc1. The monoisotopic (exact) mass is 568 g/mol. The lowest BCUT2D eigenvalue weighted by molar-refractivity contribution is -0.112. The Hall–Kier alpha value is -3.08. The Labute approximate surface area is 210 Å². The quantitative estimate of drug-likeness (QED) is 0.246. The van der Waals surface area contributed by atoms with Gasteiger partial charge < -0.3 is 14.8 Å². The van der Waals surface area contributed by atoms with Crippen molar-refractivity contribution in [2.45, 2.75) is 20.5 Å². The van der Waals surface area contributed by atoms with E-state index in [1.165, 1.54) is 6.08 Å². The average Bonchev–Trinajstić information content (AvgIpc) is 2.79. The summed E-state index contributed by atoms with van der Waals surface area (Å²) in [6.45, 7) is 4.18. The summed E-state index contributed by atoms with van der Waals surface area (Å²) < 4.78 is 13.1. The molecule has 5 nitrogen and oxygen atoms in total. The predicted octanol–water partition coefficient (Wildman–Crippen LogP) is 6.96. The molecule has 0 bridgehead atoms. The molecule has 0 atom stereocenters. The summed E-state index contributed by atoms with van der Waals surface area (Å²) in [6, 6.07) is 19.1. The average molecular weight is 570 g/mol. The number of ether oxygens (including phenoxy) is 2. The first-order chi connectivity index (χ1) is 15.8. The van der Waals surface area contributed by atoms with Crippen LogP contribution in [0, 0.1) is 25.2 Å². The van der Waals surface area contributed by atoms with E-state index in [4.69, 9.17) is 9.47 Å². The van der Waals surface area contributed by atoms with Crippen LogP contribution in [0.3, 0.4) is 0 Å². The molecule has 0 aliphatic carbocycles. The highest BCUT2D eigenvalue weighted by atomic mass is 79.9. The molecule has 0 saturated heterocycles. The predicted molar refractivity (Wildman–Crippen MR) is 137 cm³/mol. The Morgan fingerprint density at radius 3 is 2.36 bits per heavy atom. The van der Waals surface area contributed by atoms with Gasteiger partial charge in [-0.2, -0.15) is 5.26 Å². The number of anilines is 1. The molecule has 3 rings (SSSR count). The van der Waals surface area contributed by atoms with Crippen molar-refractivity contribution in [3.63, 3.8) is 0 Å². The molecule has 0 saturated carbocycles. The fourth-order valence-electron chi connectivity index (χ4n) is 3.21. The zero-order chi connectivity index (χ0) is 24.0. The molecule has 1 N–H and O–H groups in total. The summed E-state index contributed by atoms with van der Waals surface area (Å²) in [5.74, 6) is 0.553. The van der Waals surface area contributed by atoms with Crippen molar-refractivity contribution in [3.8, 4) is 17.6 Å². The fourth-order valence-corrected chi connectivity index (χ4v) is 4.05. The van der Waals surface area contributed by atoms with Gasteiger partial charge in [0.25, 0.3) is 5.91 Å². The number of nitriles is 1. The lowest BCUT2D eigenvalue weighted by Gasteiger charge is -2.14. The molecule has 0 fully saturated rings. The van der Waals surface area contributed by atoms with Crippen LogP contribution in [-0.2, 0) is 11.4 Å². The first-order valence-corrected chi connectivity index (χ1v) is 11.6. The van der Waals surface area contributed by atoms with Crippen LogP contribution in [0.1, 0.15) is 22.3 Å². The normalized spacial score (nSPS) is 11.0. The standard InChI is InChI=1S/C26H22Br2N2O3/c1-16-5-4-6-17(2)24(16)30-26(31)20(14-29)11-19-12-22(28)25(23(13-19)32-3)33-15-18-7-9-21(27)10-8-18/h4-13H,15H2,1-3H3,(H,30,31)/b20-11-. The van der Waals surface area contributed by atoms with Crippen molar-refractivity contribution in [1.82, 2.24) is 0 Å². The maximum Gasteiger partial charge on any atom is 0.266 e. The summed E-state index contributed by atoms with van der Waals surface area (Å²) in [5, 5.41) is 12.5. The fraction of sp³-hybridized carbons (Fsp3) is 0.154. The van der Waals surface area contributed by atoms with Gasteiger partial charge in [-0.25, -0.2) is 0 Å². The van der Waals surface area contributed by atoms with E-state index in [9.17, 15) is 10.1 Å². The van der Waals surface area contributed by atoms with E-state index >= 15 is 0 Å². The van der Waals surface area contributed by atoms with Gasteiger partial charge in [-0.15, -0.1) is 0 Å². The third-order valence-electron chi connectivity index (χ3n) is 4.94. The second-order valence-corrected chi connectivity index (χ2v) is 9.11. The van der Waals surface area contributed by atoms with Crippen molar-refractivity contribution >= 4 is 49.5 Å². The molecule has 0 spiro atoms. The molecule has 0 radical (unpaired) electrons. The number of carbonyl (C=O) groups is 1. The minimum Gasteiger partial charge on any atom is -0.493 e. The number of hydrogen-bond donors (Lipinski definition) is 1. The van der Waals surface area contributed by atoms with E-state index in [1.54, 1.807) is 19.2 Å². The van der Waals surface area contributed by atoms with Crippen molar-refractivity contribution in [2.75, 3.05) is 12.4 Å². The van der Waals surface area contributed by atoms with Gasteiger partial charge in [-0.05, 0) is 82.4 Å². The van der Waals surface area contributed by atoms with Gasteiger partial charge in [0.05, 0.1) is 11.6 Å². The number of benzene rings is 3. The first-order valence-electron chi connectivity index (χ1n) is 10.1. The van der Waals surface area contributed by atoms with Gasteiger partial charge >= 0.3 is 0 Å². The van der Waals surface area contributed by atoms with Crippen LogP contribution in [0.25, 0.3) is 6.08 Å². The summed E-state index contributed by atoms with van der Waals surface area (Å²) in [5.41, 5.74) is 4.18. The van der Waals surface area contributed by atoms with E-state index in [-0.39, 0.29) is 5.57 Å². The van der Waals surface area contributed by atoms with E-state index in [2.05, 4.69) is 37.2 Å². The number of nitrogens with zero attached hydrogens (tertiary/aromatic N) is 1. The van der Waals surface area contributed by atoms with Gasteiger partial charge in [0.2, 0.25) is 0 Å². The molecule has 168 valence electrons. The molecular weight excluding hydrogens is 548 g/mol. The molecular formula is C26H22Br2N2O3. The maximum absolute atomic E-state index is 12.8. The third-order valence-corrected chi connectivity index (χ3v) is 6.06. The Kier molecular flexibility index (Phi) is 8.32. The van der Waals surface area contributed by atoms with E-state index in [1.807, 2.05) is 62.4 Å². The minimum absolute atomic E-state index is 0.0184. The van der Waals surface area contributed by atoms with Gasteiger partial charge in [-0.1, -0.05) is 46.3 Å². The molecule has 0 aromatic heterocycles. The highest BCUT2D eigenvalue weighted by molar-refractivity contribution is 9.10. The molecule has 7 heteroatoms. The second kappa shape index (κ2) is 11.2. The number of halogens is 2. The number of hydrogen-bond acceptors (Lipinski definition) is 4. The van der Waals surface area contributed by atoms with Crippen LogP contribution in [0.5, 0.6) is 11.5 Å². The lowest BCUT2D eigenvalue weighted by Crippen LogP contribution is -2.15. The molecule has 0 heterocycles. The van der Waals surface area contributed by atoms with Crippen molar-refractivity contribution in [3.05, 3.63) is 91.4 Å². The number of carbonyl (C=O) groups excluding carboxylic acids is 1. The zero-order valence-electron chi connectivity index (χ0n) is 18.4. The van der Waals surface area contributed by atoms with Gasteiger partial charge in [0.1, 0.15) is 18.2 Å². The Bertz CT molecular complexity index is 1230. The molecule has 3 aromatic carbocycles. The van der Waals surface area contributed by atoms with Crippen LogP contribution in [0.15, 0.2) is 69.1 Å². The lowest BCUT2D eigenvalue weighted by atomic mass is 10.1. The highest BCUT2D eigenvalue weighted by Gasteiger charge is 2.15. The van der Waals surface area contributed by atoms with Crippen molar-refractivity contribution < 1.29 is 14.3 Å². The Morgan fingerprint density at radius 2 is 1.76 bits per heavy atom. The molecule has 33 heavy (non-hydrogen) atoms. The maximum atomic E-state index is 12.8. The summed E-state index contributed by atoms with van der Waals surface area (Å²) in [6.07, 6.45) is 1.52. The first kappa shape index (κ1) is 24.6. The number of aryl methyl sites for hydroxylation is 2. The van der Waals surface area contributed by atoms with Crippen LogP contribution in [0.2, 0.25) is 0 Å². The van der Waals surface area contributed by atoms with Crippen LogP contribution in [0.4, 0.5) is 5.69 Å². The molecule has 0 aliphatic heterocycles. The van der Waals surface area contributed by atoms with Crippen molar-refractivity contribution in [1.29, 1.82) is 5.26 Å². The largest absolute Gasteiger partial charge is 0.493 e. The van der Waals surface area contributed by atoms with Crippen LogP contribution < -0.4 is 14.8 Å². The number of nitrogens with one attached hydrogen (secondary N) is 1. The van der Waals surface area contributed by atoms with Crippen LogP contribution >= 0.6 is 31.9 Å². The van der Waals surface area contributed by atoms with Gasteiger partial charge in [0, 0.05) is 10.2 Å². The summed E-state index contributed by atoms with van der Waals surface area (Å²) in [7, 11) is 1.54. The minimum atomic E-state index is -0.472. The summed E-state index contributed by atoms with van der Waals surface area (Å²) in [4.78, 5) is 12.8. The number of methoxy groups -OCH3 is 1. The van der Waals surface area contributed by atoms with Crippen molar-refractivity contribution in [2.24, 2.45) is 0 Å². The second-order valence-electron chi connectivity index (χ2n) is 7.34. The third kappa shape index (κ3) is 6.25. The van der Waals surface area contributed by atoms with E-state index in [0.717, 1.165) is 21.2 Å². The van der Waals surface area contributed by atoms with Crippen LogP contribution in [-0.4, -0.2) is 13.0 Å². The zero-order valence-corrected chi connectivity index (χ0v) is 21.6. The Balaban J connectivity index is 1.84. The summed E-state index contributed by atoms with van der Waals surface area (Å²) >= 11 is 6.94. The molecule has 1 amide bonds. The Morgan fingerprint density at radius 1 is 1.09 bits per heavy atom. The number of rotatable bonds is 7. The molecule has 3 aromatic rings. The topological polar surface area (TPSA) is 71.3 Å². The molecule has 0 aliphatic rings.